The van der Waals surface area contributed by atoms with Crippen molar-refractivity contribution in [3.05, 3.63) is 40.2 Å². The zero-order chi connectivity index (χ0) is 23.4. The fourth-order valence-electron chi connectivity index (χ4n) is 3.99. The molecule has 13 heteroatoms. The molecular formula is C20H25ClN9O3+. The fourth-order valence-corrected chi connectivity index (χ4v) is 4.17. The van der Waals surface area contributed by atoms with Gasteiger partial charge < -0.3 is 15.7 Å². The van der Waals surface area contributed by atoms with E-state index >= 15 is 0 Å². The zero-order valence-corrected chi connectivity index (χ0v) is 18.8. The highest BCUT2D eigenvalue weighted by molar-refractivity contribution is 6.30. The van der Waals surface area contributed by atoms with E-state index in [-0.39, 0.29) is 23.1 Å². The molecular weight excluding hydrogens is 450 g/mol. The number of carbonyl (C=O) groups is 1. The molecule has 0 spiro atoms. The summed E-state index contributed by atoms with van der Waals surface area (Å²) in [6.07, 6.45) is 7.17. The highest BCUT2D eigenvalue weighted by atomic mass is 35.5. The number of nitrogens with zero attached hydrogens (tertiary/aromatic N) is 6. The van der Waals surface area contributed by atoms with E-state index in [1.54, 1.807) is 6.07 Å². The van der Waals surface area contributed by atoms with Gasteiger partial charge in [0.1, 0.15) is 18.0 Å². The topological polar surface area (TPSA) is 162 Å². The largest absolute Gasteiger partial charge is 0.507 e. The van der Waals surface area contributed by atoms with Crippen LogP contribution in [0.1, 0.15) is 53.8 Å². The number of nitrogen functional groups attached to an aromatic ring is 1. The SMILES string of the molecule is C[NH+](Cc1c(C(=O)N/N=C/c2cc(Cl)ccc2O)nnn1-c1nonc1N)C1CCCCC1. The molecule has 0 bridgehead atoms. The molecule has 1 amide bonds. The Hall–Kier alpha value is -3.51. The molecule has 2 heterocycles. The molecule has 0 aliphatic heterocycles. The minimum Gasteiger partial charge on any atom is -0.507 e. The number of phenolic OH excluding ortho intramolecular Hbond substituents is 1. The normalized spacial score (nSPS) is 15.7. The summed E-state index contributed by atoms with van der Waals surface area (Å²) >= 11 is 5.94. The van der Waals surface area contributed by atoms with E-state index in [1.165, 1.54) is 47.2 Å². The van der Waals surface area contributed by atoms with Crippen LogP contribution in [0.5, 0.6) is 5.75 Å². The molecule has 2 aromatic heterocycles. The Bertz CT molecular complexity index is 1150. The third-order valence-electron chi connectivity index (χ3n) is 5.78. The van der Waals surface area contributed by atoms with Crippen LogP contribution in [-0.2, 0) is 6.54 Å². The van der Waals surface area contributed by atoms with Crippen LogP contribution in [0.25, 0.3) is 5.82 Å². The van der Waals surface area contributed by atoms with Gasteiger partial charge in [-0.3, -0.25) is 4.79 Å². The number of hydrazone groups is 1. The van der Waals surface area contributed by atoms with E-state index in [0.717, 1.165) is 12.8 Å². The number of hydrogen-bond acceptors (Lipinski definition) is 9. The molecule has 1 atom stereocenters. The molecule has 4 rings (SSSR count). The van der Waals surface area contributed by atoms with Crippen LogP contribution in [-0.4, -0.2) is 55.6 Å². The first kappa shape index (κ1) is 22.7. The minimum atomic E-state index is -0.569. The van der Waals surface area contributed by atoms with Crippen molar-refractivity contribution in [1.82, 2.24) is 30.7 Å². The summed E-state index contributed by atoms with van der Waals surface area (Å²) in [4.78, 5) is 14.1. The van der Waals surface area contributed by atoms with Crippen molar-refractivity contribution in [3.63, 3.8) is 0 Å². The number of carbonyl (C=O) groups excluding carboxylic acids is 1. The van der Waals surface area contributed by atoms with E-state index in [1.807, 2.05) is 0 Å². The van der Waals surface area contributed by atoms with Crippen molar-refractivity contribution in [2.75, 3.05) is 12.8 Å². The summed E-state index contributed by atoms with van der Waals surface area (Å²) in [5, 5.41) is 29.8. The third-order valence-corrected chi connectivity index (χ3v) is 6.02. The van der Waals surface area contributed by atoms with Crippen molar-refractivity contribution in [2.45, 2.75) is 44.7 Å². The lowest BCUT2D eigenvalue weighted by atomic mass is 9.94. The summed E-state index contributed by atoms with van der Waals surface area (Å²) in [5.74, 6) is -0.380. The maximum absolute atomic E-state index is 12.9. The maximum Gasteiger partial charge on any atom is 0.294 e. The fraction of sp³-hybridized carbons (Fsp3) is 0.400. The zero-order valence-electron chi connectivity index (χ0n) is 18.0. The standard InChI is InChI=1S/C20H24ClN9O3/c1-29(14-5-3-2-4-6-14)11-15-17(24-28-30(15)19-18(22)26-33-27-19)20(32)25-23-10-12-9-13(21)7-8-16(12)31/h7-10,14,31H,2-6,11H2,1H3,(H2,22,26)(H,25,32)/p+1/b23-10+. The van der Waals surface area contributed by atoms with Gasteiger partial charge in [0.15, 0.2) is 5.69 Å². The van der Waals surface area contributed by atoms with E-state index in [2.05, 4.69) is 38.2 Å². The number of nitrogens with one attached hydrogen (secondary N) is 2. The van der Waals surface area contributed by atoms with E-state index in [4.69, 9.17) is 22.0 Å². The number of phenols is 1. The number of quaternary nitrogens is 1. The van der Waals surface area contributed by atoms with Crippen molar-refractivity contribution in [3.8, 4) is 11.6 Å². The Kier molecular flexibility index (Phi) is 6.84. The maximum atomic E-state index is 12.9. The average molecular weight is 475 g/mol. The summed E-state index contributed by atoms with van der Waals surface area (Å²) in [5.41, 5.74) is 9.22. The molecule has 33 heavy (non-hydrogen) atoms. The van der Waals surface area contributed by atoms with Crippen LogP contribution >= 0.6 is 11.6 Å². The quantitative estimate of drug-likeness (QED) is 0.287. The predicted molar refractivity (Wildman–Crippen MR) is 119 cm³/mol. The highest BCUT2D eigenvalue weighted by Gasteiger charge is 2.29. The van der Waals surface area contributed by atoms with Crippen molar-refractivity contribution < 1.29 is 19.4 Å². The van der Waals surface area contributed by atoms with Crippen LogP contribution in [0.4, 0.5) is 5.82 Å². The van der Waals surface area contributed by atoms with Crippen molar-refractivity contribution >= 4 is 29.5 Å². The number of benzene rings is 1. The van der Waals surface area contributed by atoms with Crippen LogP contribution in [0.3, 0.4) is 0 Å². The monoisotopic (exact) mass is 474 g/mol. The van der Waals surface area contributed by atoms with Gasteiger partial charge in [0.2, 0.25) is 11.6 Å². The smallest absolute Gasteiger partial charge is 0.294 e. The Morgan fingerprint density at radius 3 is 2.91 bits per heavy atom. The van der Waals surface area contributed by atoms with Gasteiger partial charge in [0.05, 0.1) is 19.3 Å². The van der Waals surface area contributed by atoms with Crippen LogP contribution < -0.4 is 16.1 Å². The summed E-state index contributed by atoms with van der Waals surface area (Å²) in [7, 11) is 2.08. The lowest BCUT2D eigenvalue weighted by Crippen LogP contribution is -3.11. The highest BCUT2D eigenvalue weighted by Crippen LogP contribution is 2.20. The molecule has 1 fully saturated rings. The number of halogens is 1. The van der Waals surface area contributed by atoms with Gasteiger partial charge in [-0.1, -0.05) is 23.2 Å². The van der Waals surface area contributed by atoms with Crippen molar-refractivity contribution in [1.29, 1.82) is 0 Å². The van der Waals surface area contributed by atoms with Crippen LogP contribution in [0.2, 0.25) is 5.02 Å². The first-order valence-electron chi connectivity index (χ1n) is 10.6. The molecule has 12 nitrogen and oxygen atoms in total. The molecule has 0 saturated heterocycles. The van der Waals surface area contributed by atoms with Crippen LogP contribution in [0.15, 0.2) is 27.9 Å². The van der Waals surface area contributed by atoms with Gasteiger partial charge in [0, 0.05) is 10.6 Å². The first-order valence-corrected chi connectivity index (χ1v) is 11.0. The molecule has 0 radical (unpaired) electrons. The van der Waals surface area contributed by atoms with Gasteiger partial charge in [-0.25, -0.2) is 10.1 Å². The lowest BCUT2D eigenvalue weighted by Gasteiger charge is -2.28. The van der Waals surface area contributed by atoms with E-state index in [0.29, 0.717) is 28.9 Å². The minimum absolute atomic E-state index is 0.0178. The Balaban J connectivity index is 1.58. The Labute approximate surface area is 194 Å². The number of aromatic hydroxyl groups is 1. The van der Waals surface area contributed by atoms with Gasteiger partial charge in [-0.05, 0) is 54.2 Å². The van der Waals surface area contributed by atoms with Gasteiger partial charge in [-0.2, -0.15) is 9.78 Å². The van der Waals surface area contributed by atoms with Gasteiger partial charge in [-0.15, -0.1) is 5.10 Å². The summed E-state index contributed by atoms with van der Waals surface area (Å²) < 4.78 is 6.08. The molecule has 3 aromatic rings. The second-order valence-electron chi connectivity index (χ2n) is 8.03. The Morgan fingerprint density at radius 1 is 1.39 bits per heavy atom. The molecule has 1 saturated carbocycles. The molecule has 1 aromatic carbocycles. The van der Waals surface area contributed by atoms with E-state index in [9.17, 15) is 9.90 Å². The number of rotatable bonds is 7. The predicted octanol–water partition coefficient (Wildman–Crippen LogP) is 0.703. The summed E-state index contributed by atoms with van der Waals surface area (Å²) in [6, 6.07) is 4.98. The van der Waals surface area contributed by atoms with Crippen LogP contribution in [0, 0.1) is 0 Å². The number of amides is 1. The Morgan fingerprint density at radius 2 is 2.18 bits per heavy atom. The molecule has 1 aliphatic rings. The van der Waals surface area contributed by atoms with Gasteiger partial charge >= 0.3 is 0 Å². The molecule has 1 unspecified atom stereocenters. The molecule has 1 aliphatic carbocycles. The average Bonchev–Trinajstić information content (AvgIpc) is 3.42. The second-order valence-corrected chi connectivity index (χ2v) is 8.47. The van der Waals surface area contributed by atoms with Crippen molar-refractivity contribution in [2.24, 2.45) is 5.10 Å². The lowest BCUT2D eigenvalue weighted by molar-refractivity contribution is -0.921. The molecule has 5 N–H and O–H groups in total. The number of aromatic nitrogens is 5. The van der Waals surface area contributed by atoms with E-state index < -0.39 is 5.91 Å². The number of anilines is 1. The van der Waals surface area contributed by atoms with Gasteiger partial charge in [0.25, 0.3) is 5.91 Å². The first-order chi connectivity index (χ1) is 15.9. The second kappa shape index (κ2) is 9.96. The third kappa shape index (κ3) is 5.12. The summed E-state index contributed by atoms with van der Waals surface area (Å²) in [6.45, 7) is 0.464. The number of nitrogens with two attached hydrogens (primary N) is 1. The number of hydrogen-bond donors (Lipinski definition) is 4. The molecule has 174 valence electrons.